The van der Waals surface area contributed by atoms with Crippen LogP contribution in [0, 0.1) is 6.92 Å². The van der Waals surface area contributed by atoms with Crippen molar-refractivity contribution in [1.82, 2.24) is 19.7 Å². The van der Waals surface area contributed by atoms with E-state index in [4.69, 9.17) is 9.26 Å². The highest BCUT2D eigenvalue weighted by Crippen LogP contribution is 2.28. The zero-order valence-corrected chi connectivity index (χ0v) is 14.4. The van der Waals surface area contributed by atoms with Crippen molar-refractivity contribution in [3.05, 3.63) is 42.5 Å². The average Bonchev–Trinajstić information content (AvgIpc) is 3.37. The summed E-state index contributed by atoms with van der Waals surface area (Å²) in [6.07, 6.45) is 6.08. The van der Waals surface area contributed by atoms with Crippen molar-refractivity contribution >= 4 is 6.01 Å². The van der Waals surface area contributed by atoms with Crippen LogP contribution in [0.25, 0.3) is 11.4 Å². The van der Waals surface area contributed by atoms with Crippen LogP contribution < -0.4 is 9.64 Å². The molecule has 2 aromatic heterocycles. The highest BCUT2D eigenvalue weighted by Gasteiger charge is 2.29. The summed E-state index contributed by atoms with van der Waals surface area (Å²) in [5.74, 6) is 2.38. The van der Waals surface area contributed by atoms with Gasteiger partial charge in [-0.25, -0.2) is 4.98 Å². The first-order valence-corrected chi connectivity index (χ1v) is 8.47. The lowest BCUT2D eigenvalue weighted by Crippen LogP contribution is -2.33. The summed E-state index contributed by atoms with van der Waals surface area (Å²) in [6, 6.07) is 8.60. The number of aromatic nitrogens is 4. The Labute approximate surface area is 146 Å². The molecule has 1 fully saturated rings. The van der Waals surface area contributed by atoms with Crippen LogP contribution in [-0.2, 0) is 6.54 Å². The molecule has 1 aromatic carbocycles. The first kappa shape index (κ1) is 15.7. The Balaban J connectivity index is 1.55. The molecule has 0 bridgehead atoms. The zero-order chi connectivity index (χ0) is 17.2. The van der Waals surface area contributed by atoms with E-state index in [1.54, 1.807) is 7.11 Å². The maximum Gasteiger partial charge on any atom is 0.324 e. The minimum atomic E-state index is 0.339. The molecule has 130 valence electrons. The van der Waals surface area contributed by atoms with Crippen LogP contribution >= 0.6 is 0 Å². The Kier molecular flexibility index (Phi) is 4.13. The largest absolute Gasteiger partial charge is 0.497 e. The topological polar surface area (TPSA) is 69.2 Å². The van der Waals surface area contributed by atoms with Gasteiger partial charge in [0, 0.05) is 31.0 Å². The van der Waals surface area contributed by atoms with Gasteiger partial charge in [-0.05, 0) is 31.9 Å². The quantitative estimate of drug-likeness (QED) is 0.712. The Morgan fingerprint density at radius 3 is 3.08 bits per heavy atom. The fraction of sp³-hybridized carbons (Fsp3) is 0.389. The number of aryl methyl sites for hydroxylation is 1. The molecular weight excluding hydrogens is 318 g/mol. The van der Waals surface area contributed by atoms with Gasteiger partial charge in [-0.15, -0.1) is 0 Å². The summed E-state index contributed by atoms with van der Waals surface area (Å²) < 4.78 is 13.0. The van der Waals surface area contributed by atoms with Gasteiger partial charge in [-0.2, -0.15) is 4.98 Å². The predicted molar refractivity (Wildman–Crippen MR) is 93.6 cm³/mol. The van der Waals surface area contributed by atoms with Gasteiger partial charge >= 0.3 is 6.01 Å². The maximum atomic E-state index is 5.56. The Bertz CT molecular complexity index is 857. The van der Waals surface area contributed by atoms with Crippen LogP contribution in [0.5, 0.6) is 5.75 Å². The van der Waals surface area contributed by atoms with Crippen LogP contribution in [0.3, 0.4) is 0 Å². The summed E-state index contributed by atoms with van der Waals surface area (Å²) in [6.45, 7) is 3.83. The van der Waals surface area contributed by atoms with Crippen LogP contribution in [0.2, 0.25) is 0 Å². The number of anilines is 1. The Hall–Kier alpha value is -2.83. The summed E-state index contributed by atoms with van der Waals surface area (Å²) in [5, 5.41) is 4.15. The van der Waals surface area contributed by atoms with Crippen molar-refractivity contribution in [2.24, 2.45) is 0 Å². The molecular formula is C18H21N5O2. The van der Waals surface area contributed by atoms with Gasteiger partial charge in [0.1, 0.15) is 11.6 Å². The van der Waals surface area contributed by atoms with Gasteiger partial charge < -0.3 is 18.7 Å². The first-order valence-electron chi connectivity index (χ1n) is 8.47. The number of benzene rings is 1. The van der Waals surface area contributed by atoms with Gasteiger partial charge in [0.2, 0.25) is 5.82 Å². The van der Waals surface area contributed by atoms with Gasteiger partial charge in [-0.1, -0.05) is 17.3 Å². The number of hydrogen-bond donors (Lipinski definition) is 0. The molecule has 3 heterocycles. The van der Waals surface area contributed by atoms with E-state index in [9.17, 15) is 0 Å². The van der Waals surface area contributed by atoms with E-state index >= 15 is 0 Å². The molecule has 0 spiro atoms. The zero-order valence-electron chi connectivity index (χ0n) is 14.4. The van der Waals surface area contributed by atoms with Gasteiger partial charge in [0.15, 0.2) is 0 Å². The minimum Gasteiger partial charge on any atom is -0.497 e. The second-order valence-corrected chi connectivity index (χ2v) is 6.25. The molecule has 0 aliphatic carbocycles. The molecule has 3 aromatic rings. The Morgan fingerprint density at radius 1 is 1.36 bits per heavy atom. The molecule has 25 heavy (non-hydrogen) atoms. The van der Waals surface area contributed by atoms with E-state index in [1.165, 1.54) is 0 Å². The average molecular weight is 339 g/mol. The normalized spacial score (nSPS) is 17.2. The molecule has 0 radical (unpaired) electrons. The summed E-state index contributed by atoms with van der Waals surface area (Å²) in [7, 11) is 1.65. The predicted octanol–water partition coefficient (Wildman–Crippen LogP) is 2.92. The third-order valence-corrected chi connectivity index (χ3v) is 4.70. The lowest BCUT2D eigenvalue weighted by molar-refractivity contribution is 0.403. The summed E-state index contributed by atoms with van der Waals surface area (Å²) >= 11 is 0. The van der Waals surface area contributed by atoms with Crippen molar-refractivity contribution in [2.45, 2.75) is 32.4 Å². The van der Waals surface area contributed by atoms with Crippen molar-refractivity contribution in [2.75, 3.05) is 18.6 Å². The molecule has 1 atom stereocenters. The highest BCUT2D eigenvalue weighted by atomic mass is 16.5. The van der Waals surface area contributed by atoms with Crippen molar-refractivity contribution in [1.29, 1.82) is 0 Å². The van der Waals surface area contributed by atoms with Gasteiger partial charge in [-0.3, -0.25) is 0 Å². The second-order valence-electron chi connectivity index (χ2n) is 6.25. The molecule has 0 saturated carbocycles. The lowest BCUT2D eigenvalue weighted by atomic mass is 10.2. The van der Waals surface area contributed by atoms with E-state index in [-0.39, 0.29) is 0 Å². The van der Waals surface area contributed by atoms with Crippen LogP contribution in [-0.4, -0.2) is 39.4 Å². The second kappa shape index (κ2) is 6.58. The molecule has 1 aliphatic rings. The van der Waals surface area contributed by atoms with Gasteiger partial charge in [0.05, 0.1) is 13.2 Å². The van der Waals surface area contributed by atoms with Crippen molar-refractivity contribution in [3.8, 4) is 17.1 Å². The van der Waals surface area contributed by atoms with Crippen LogP contribution in [0.15, 0.2) is 41.2 Å². The van der Waals surface area contributed by atoms with E-state index < -0.39 is 0 Å². The molecule has 0 amide bonds. The smallest absolute Gasteiger partial charge is 0.324 e. The molecule has 4 rings (SSSR count). The SMILES string of the molecule is COc1cccc(-c2noc(N3CCCC3Cn3ccnc3C)n2)c1. The van der Waals surface area contributed by atoms with Gasteiger partial charge in [0.25, 0.3) is 0 Å². The van der Waals surface area contributed by atoms with Crippen LogP contribution in [0.1, 0.15) is 18.7 Å². The highest BCUT2D eigenvalue weighted by molar-refractivity contribution is 5.58. The molecule has 1 unspecified atom stereocenters. The van der Waals surface area contributed by atoms with Crippen LogP contribution in [0.4, 0.5) is 6.01 Å². The monoisotopic (exact) mass is 339 g/mol. The van der Waals surface area contributed by atoms with E-state index in [1.807, 2.05) is 43.6 Å². The number of hydrogen-bond acceptors (Lipinski definition) is 6. The number of methoxy groups -OCH3 is 1. The summed E-state index contributed by atoms with van der Waals surface area (Å²) in [5.41, 5.74) is 0.885. The maximum absolute atomic E-state index is 5.56. The number of nitrogens with zero attached hydrogens (tertiary/aromatic N) is 5. The molecule has 0 N–H and O–H groups in total. The third-order valence-electron chi connectivity index (χ3n) is 4.70. The lowest BCUT2D eigenvalue weighted by Gasteiger charge is -2.22. The van der Waals surface area contributed by atoms with E-state index in [0.29, 0.717) is 17.9 Å². The van der Waals surface area contributed by atoms with Crippen molar-refractivity contribution in [3.63, 3.8) is 0 Å². The minimum absolute atomic E-state index is 0.339. The number of rotatable bonds is 5. The third kappa shape index (κ3) is 3.09. The first-order chi connectivity index (χ1) is 12.2. The number of ether oxygens (including phenoxy) is 1. The van der Waals surface area contributed by atoms with E-state index in [2.05, 4.69) is 24.6 Å². The molecule has 7 heteroatoms. The fourth-order valence-corrected chi connectivity index (χ4v) is 3.31. The summed E-state index contributed by atoms with van der Waals surface area (Å²) in [4.78, 5) is 11.1. The van der Waals surface area contributed by atoms with Crippen molar-refractivity contribution < 1.29 is 9.26 Å². The molecule has 7 nitrogen and oxygen atoms in total. The standard InChI is InChI=1S/C18H21N5O2/c1-13-19-8-10-22(13)12-15-6-4-9-23(15)18-20-17(21-25-18)14-5-3-7-16(11-14)24-2/h3,5,7-8,10-11,15H,4,6,9,12H2,1-2H3. The molecule has 1 aliphatic heterocycles. The Morgan fingerprint density at radius 2 is 2.28 bits per heavy atom. The van der Waals surface area contributed by atoms with E-state index in [0.717, 1.165) is 43.1 Å². The molecule has 1 saturated heterocycles. The fourth-order valence-electron chi connectivity index (χ4n) is 3.31. The number of imidazole rings is 1.